The highest BCUT2D eigenvalue weighted by Crippen LogP contribution is 2.14. The van der Waals surface area contributed by atoms with Crippen molar-refractivity contribution < 1.29 is 9.63 Å². The van der Waals surface area contributed by atoms with E-state index in [1.54, 1.807) is 13.1 Å². The Bertz CT molecular complexity index is 612. The van der Waals surface area contributed by atoms with E-state index in [2.05, 4.69) is 26.4 Å². The Labute approximate surface area is 131 Å². The maximum absolute atomic E-state index is 11.9. The van der Waals surface area contributed by atoms with Gasteiger partial charge < -0.3 is 10.2 Å². The van der Waals surface area contributed by atoms with Crippen molar-refractivity contribution in [3.05, 3.63) is 64.6 Å². The molecule has 0 spiro atoms. The summed E-state index contributed by atoms with van der Waals surface area (Å²) in [4.78, 5) is 17.1. The summed E-state index contributed by atoms with van der Waals surface area (Å²) in [5.74, 6) is -0.248. The molecule has 1 amide bonds. The molecule has 0 fully saturated rings. The van der Waals surface area contributed by atoms with Gasteiger partial charge in [0.05, 0.1) is 6.21 Å². The molecular formula is C16H15BrN2O2. The normalized spacial score (nSPS) is 12.1. The molecule has 0 radical (unpaired) electrons. The Hall–Kier alpha value is -2.14. The van der Waals surface area contributed by atoms with Crippen LogP contribution in [0.4, 0.5) is 5.69 Å². The van der Waals surface area contributed by atoms with Gasteiger partial charge in [0.15, 0.2) is 0 Å². The summed E-state index contributed by atoms with van der Waals surface area (Å²) >= 11 is 3.34. The topological polar surface area (TPSA) is 50.7 Å². The van der Waals surface area contributed by atoms with Crippen molar-refractivity contribution in [2.75, 3.05) is 5.32 Å². The summed E-state index contributed by atoms with van der Waals surface area (Å²) in [5, 5.41) is 6.58. The van der Waals surface area contributed by atoms with E-state index in [-0.39, 0.29) is 5.91 Å². The van der Waals surface area contributed by atoms with Crippen molar-refractivity contribution >= 4 is 33.7 Å². The molecule has 2 rings (SSSR count). The smallest absolute Gasteiger partial charge is 0.267 e. The van der Waals surface area contributed by atoms with Gasteiger partial charge in [0, 0.05) is 10.2 Å². The fourth-order valence-electron chi connectivity index (χ4n) is 1.55. The Morgan fingerprint density at radius 2 is 1.86 bits per heavy atom. The first-order valence-corrected chi connectivity index (χ1v) is 7.25. The van der Waals surface area contributed by atoms with E-state index >= 15 is 0 Å². The largest absolute Gasteiger partial charge is 0.383 e. The molecule has 1 N–H and O–H groups in total. The number of benzene rings is 2. The molecule has 0 saturated carbocycles. The van der Waals surface area contributed by atoms with Crippen molar-refractivity contribution in [1.82, 2.24) is 0 Å². The van der Waals surface area contributed by atoms with Gasteiger partial charge in [-0.3, -0.25) is 4.79 Å². The Kier molecular flexibility index (Phi) is 5.51. The predicted octanol–water partition coefficient (Wildman–Crippen LogP) is 3.83. The van der Waals surface area contributed by atoms with Crippen LogP contribution in [-0.2, 0) is 9.63 Å². The average Bonchev–Trinajstić information content (AvgIpc) is 2.50. The van der Waals surface area contributed by atoms with E-state index in [0.717, 1.165) is 10.0 Å². The van der Waals surface area contributed by atoms with E-state index in [1.165, 1.54) is 0 Å². The van der Waals surface area contributed by atoms with Crippen molar-refractivity contribution in [3.8, 4) is 0 Å². The molecule has 1 atom stereocenters. The number of anilines is 1. The zero-order valence-electron chi connectivity index (χ0n) is 11.5. The molecule has 108 valence electrons. The van der Waals surface area contributed by atoms with Gasteiger partial charge in [-0.25, -0.2) is 0 Å². The molecule has 0 aliphatic carbocycles. The van der Waals surface area contributed by atoms with Crippen molar-refractivity contribution in [2.45, 2.75) is 13.0 Å². The van der Waals surface area contributed by atoms with Crippen LogP contribution in [0.15, 0.2) is 64.2 Å². The summed E-state index contributed by atoms with van der Waals surface area (Å²) in [6, 6.07) is 16.9. The number of nitrogens with one attached hydrogen (secondary N) is 1. The maximum atomic E-state index is 11.9. The first-order chi connectivity index (χ1) is 10.1. The number of hydrogen-bond acceptors (Lipinski definition) is 3. The number of halogens is 1. The number of rotatable bonds is 5. The first kappa shape index (κ1) is 15.3. The van der Waals surface area contributed by atoms with Crippen LogP contribution >= 0.6 is 15.9 Å². The summed E-state index contributed by atoms with van der Waals surface area (Å²) in [6.07, 6.45) is 0.900. The van der Waals surface area contributed by atoms with Gasteiger partial charge in [-0.15, -0.1) is 0 Å². The molecule has 0 aliphatic heterocycles. The third-order valence-electron chi connectivity index (χ3n) is 2.70. The summed E-state index contributed by atoms with van der Waals surface area (Å²) in [6.45, 7) is 1.65. The number of carbonyl (C=O) groups excluding carboxylic acids is 1. The molecule has 0 aromatic heterocycles. The first-order valence-electron chi connectivity index (χ1n) is 6.46. The molecule has 2 aromatic carbocycles. The highest BCUT2D eigenvalue weighted by Gasteiger charge is 2.13. The zero-order valence-corrected chi connectivity index (χ0v) is 13.1. The van der Waals surface area contributed by atoms with Crippen LogP contribution in [0, 0.1) is 0 Å². The Balaban J connectivity index is 1.85. The van der Waals surface area contributed by atoms with Gasteiger partial charge in [0.1, 0.15) is 0 Å². The van der Waals surface area contributed by atoms with Crippen LogP contribution in [0.25, 0.3) is 0 Å². The van der Waals surface area contributed by atoms with Crippen molar-refractivity contribution in [1.29, 1.82) is 0 Å². The molecule has 0 unspecified atom stereocenters. The third-order valence-corrected chi connectivity index (χ3v) is 3.23. The lowest BCUT2D eigenvalue weighted by Gasteiger charge is -2.10. The fourth-order valence-corrected chi connectivity index (χ4v) is 1.81. The number of amides is 1. The zero-order chi connectivity index (χ0) is 15.1. The highest BCUT2D eigenvalue weighted by molar-refractivity contribution is 9.10. The molecular weight excluding hydrogens is 332 g/mol. The standard InChI is InChI=1S/C16H15BrN2O2/c1-12(21-18-11-13-5-3-2-4-6-13)16(20)19-15-9-7-14(17)8-10-15/h2-12H,1H3,(H,19,20)/b18-11-/t12-/m0/s1. The van der Waals surface area contributed by atoms with Gasteiger partial charge >= 0.3 is 0 Å². The number of carbonyl (C=O) groups is 1. The second kappa shape index (κ2) is 7.59. The number of oxime groups is 1. The van der Waals surface area contributed by atoms with Crippen LogP contribution in [0.1, 0.15) is 12.5 Å². The van der Waals surface area contributed by atoms with Crippen LogP contribution in [0.2, 0.25) is 0 Å². The molecule has 2 aromatic rings. The molecule has 21 heavy (non-hydrogen) atoms. The van der Waals surface area contributed by atoms with E-state index in [9.17, 15) is 4.79 Å². The van der Waals surface area contributed by atoms with E-state index in [0.29, 0.717) is 5.69 Å². The summed E-state index contributed by atoms with van der Waals surface area (Å²) in [7, 11) is 0. The van der Waals surface area contributed by atoms with Crippen LogP contribution in [0.3, 0.4) is 0 Å². The molecule has 0 bridgehead atoms. The van der Waals surface area contributed by atoms with E-state index in [4.69, 9.17) is 4.84 Å². The van der Waals surface area contributed by atoms with Crippen molar-refractivity contribution in [3.63, 3.8) is 0 Å². The second-order valence-corrected chi connectivity index (χ2v) is 5.30. The molecule has 4 nitrogen and oxygen atoms in total. The third kappa shape index (κ3) is 5.04. The molecule has 5 heteroatoms. The minimum atomic E-state index is -0.673. The van der Waals surface area contributed by atoms with Crippen LogP contribution < -0.4 is 5.32 Å². The quantitative estimate of drug-likeness (QED) is 0.660. The van der Waals surface area contributed by atoms with E-state index in [1.807, 2.05) is 54.6 Å². The lowest BCUT2D eigenvalue weighted by atomic mass is 10.2. The molecule has 0 heterocycles. The van der Waals surface area contributed by atoms with Crippen LogP contribution in [0.5, 0.6) is 0 Å². The SMILES string of the molecule is C[C@H](O/N=C\c1ccccc1)C(=O)Nc1ccc(Br)cc1. The summed E-state index contributed by atoms with van der Waals surface area (Å²) < 4.78 is 0.956. The minimum Gasteiger partial charge on any atom is -0.383 e. The predicted molar refractivity (Wildman–Crippen MR) is 87.4 cm³/mol. The maximum Gasteiger partial charge on any atom is 0.267 e. The Morgan fingerprint density at radius 3 is 2.52 bits per heavy atom. The molecule has 0 aliphatic rings. The van der Waals surface area contributed by atoms with Gasteiger partial charge in [-0.2, -0.15) is 0 Å². The van der Waals surface area contributed by atoms with E-state index < -0.39 is 6.10 Å². The minimum absolute atomic E-state index is 0.248. The molecule has 0 saturated heterocycles. The van der Waals surface area contributed by atoms with Gasteiger partial charge in [-0.05, 0) is 36.8 Å². The van der Waals surface area contributed by atoms with Gasteiger partial charge in [0.25, 0.3) is 5.91 Å². The van der Waals surface area contributed by atoms with Crippen molar-refractivity contribution in [2.24, 2.45) is 5.16 Å². The second-order valence-electron chi connectivity index (χ2n) is 4.39. The fraction of sp³-hybridized carbons (Fsp3) is 0.125. The Morgan fingerprint density at radius 1 is 1.19 bits per heavy atom. The number of nitrogens with zero attached hydrogens (tertiary/aromatic N) is 1. The van der Waals surface area contributed by atoms with Gasteiger partial charge in [-0.1, -0.05) is 51.4 Å². The summed E-state index contributed by atoms with van der Waals surface area (Å²) in [5.41, 5.74) is 1.63. The lowest BCUT2D eigenvalue weighted by Crippen LogP contribution is -2.26. The monoisotopic (exact) mass is 346 g/mol. The lowest BCUT2D eigenvalue weighted by molar-refractivity contribution is -0.126. The van der Waals surface area contributed by atoms with Gasteiger partial charge in [0.2, 0.25) is 6.10 Å². The van der Waals surface area contributed by atoms with Crippen LogP contribution in [-0.4, -0.2) is 18.2 Å². The average molecular weight is 347 g/mol. The number of hydrogen-bond donors (Lipinski definition) is 1. The highest BCUT2D eigenvalue weighted by atomic mass is 79.9.